The van der Waals surface area contributed by atoms with Crippen molar-refractivity contribution in [1.29, 1.82) is 0 Å². The number of aromatic carboxylic acids is 1. The van der Waals surface area contributed by atoms with Gasteiger partial charge in [-0.3, -0.25) is 13.7 Å². The molecule has 1 heterocycles. The summed E-state index contributed by atoms with van der Waals surface area (Å²) in [4.78, 5) is 10.0. The number of fused-ring (bicyclic) bond motifs is 1. The molecule has 0 bridgehead atoms. The van der Waals surface area contributed by atoms with E-state index in [0.717, 1.165) is 49.6 Å². The number of hydrogen-bond donors (Lipinski definition) is 8. The number of rotatable bonds is 19. The first-order valence-corrected chi connectivity index (χ1v) is 23.4. The highest BCUT2D eigenvalue weighted by atomic mass is 32.2. The zero-order valence-corrected chi connectivity index (χ0v) is 38.0. The zero-order valence-electron chi connectivity index (χ0n) is 35.6. The molecule has 0 saturated heterocycles. The van der Waals surface area contributed by atoms with E-state index in [1.54, 1.807) is 0 Å². The van der Waals surface area contributed by atoms with Gasteiger partial charge < -0.3 is 44.5 Å². The Morgan fingerprint density at radius 2 is 1.17 bits per heavy atom. The van der Waals surface area contributed by atoms with Gasteiger partial charge in [0, 0.05) is 29.7 Å². The lowest BCUT2D eigenvalue weighted by Gasteiger charge is -2.13. The fourth-order valence-electron chi connectivity index (χ4n) is 6.22. The van der Waals surface area contributed by atoms with Crippen molar-refractivity contribution in [2.45, 2.75) is 21.6 Å². The number of benzene rings is 5. The van der Waals surface area contributed by atoms with Crippen LogP contribution in [0.5, 0.6) is 34.6 Å². The van der Waals surface area contributed by atoms with Gasteiger partial charge in [-0.25, -0.2) is 4.79 Å². The number of aryl methyl sites for hydroxylation is 1. The summed E-state index contributed by atoms with van der Waals surface area (Å²) in [5, 5.41) is 78.7. The van der Waals surface area contributed by atoms with Gasteiger partial charge in [-0.05, 0) is 60.3 Å². The quantitative estimate of drug-likeness (QED) is 0.0331. The number of aromatic hydroxyl groups is 2. The average Bonchev–Trinajstić information content (AvgIpc) is 3.63. The Balaban J connectivity index is 1.44. The number of phenolic OH excluding ortho intramolecular Hbond substituents is 1. The van der Waals surface area contributed by atoms with E-state index >= 15 is 0 Å². The van der Waals surface area contributed by atoms with Gasteiger partial charge in [0.05, 0.1) is 33.1 Å². The van der Waals surface area contributed by atoms with Crippen LogP contribution in [0.3, 0.4) is 0 Å². The van der Waals surface area contributed by atoms with Crippen molar-refractivity contribution < 1.29 is 88.2 Å². The Labute approximate surface area is 389 Å². The predicted octanol–water partition coefficient (Wildman–Crippen LogP) is 6.19. The molecule has 0 unspecified atom stereocenters. The maximum absolute atomic E-state index is 12.8. The number of carboxylic acid groups (broad SMARTS) is 1. The molecule has 5 aromatic carbocycles. The van der Waals surface area contributed by atoms with E-state index < -0.39 is 92.9 Å². The third-order valence-electron chi connectivity index (χ3n) is 9.31. The first-order valence-electron chi connectivity index (χ1n) is 19.1. The molecular weight excluding hydrogens is 981 g/mol. The summed E-state index contributed by atoms with van der Waals surface area (Å²) >= 11 is 0. The van der Waals surface area contributed by atoms with Gasteiger partial charge in [-0.1, -0.05) is 0 Å². The third-order valence-corrected chi connectivity index (χ3v) is 12.1. The zero-order chi connectivity index (χ0) is 50.6. The van der Waals surface area contributed by atoms with E-state index in [1.807, 2.05) is 0 Å². The maximum atomic E-state index is 12.8. The highest BCUT2D eigenvalue weighted by molar-refractivity contribution is 7.86. The number of aromatic nitrogens is 2. The molecule has 8 N–H and O–H groups in total. The lowest BCUT2D eigenvalue weighted by molar-refractivity contribution is 0.0690. The standard InChI is InChI=1S/C39H36N8O19S3/c1-19-12-25(28(64-3)18-31(19)67(54,55)56)42-45-35-36(39(52)53)46-47(38(35)51)21-4-6-23-20(13-21)14-33(69(60,61)62)34(37(23)50)44-43-27-17-29(65-10-8-48)26(16-30(27)66-11-9-49)41-40-24-7-5-22(63-2)15-32(24)68(57,58)59/h4-7,12-18,48-51H,8-11H2,1-3H3,(H,52,53)(H,54,55,56)(H,57,58,59)(H,60,61,62). The number of hydrogen-bond acceptors (Lipinski definition) is 22. The number of azo groups is 3. The van der Waals surface area contributed by atoms with Crippen LogP contribution >= 0.6 is 0 Å². The Hall–Kier alpha value is -7.71. The minimum Gasteiger partial charge on any atom is -0.505 e. The van der Waals surface area contributed by atoms with Crippen LogP contribution in [0.4, 0.5) is 34.1 Å². The van der Waals surface area contributed by atoms with E-state index in [4.69, 9.17) is 18.9 Å². The fraction of sp³-hybridized carbons (Fsp3) is 0.179. The Bertz CT molecular complexity index is 3450. The molecule has 0 spiro atoms. The molecule has 6 aromatic rings. The minimum atomic E-state index is -5.27. The number of aliphatic hydroxyl groups is 2. The highest BCUT2D eigenvalue weighted by Gasteiger charge is 2.27. The molecule has 0 radical (unpaired) electrons. The molecule has 69 heavy (non-hydrogen) atoms. The molecule has 0 saturated carbocycles. The van der Waals surface area contributed by atoms with Gasteiger partial charge in [-0.2, -0.15) is 35.0 Å². The van der Waals surface area contributed by atoms with Gasteiger partial charge in [0.2, 0.25) is 11.6 Å². The molecule has 6 rings (SSSR count). The van der Waals surface area contributed by atoms with Crippen LogP contribution in [-0.2, 0) is 30.4 Å². The topological polar surface area (TPSA) is 410 Å². The Morgan fingerprint density at radius 1 is 0.623 bits per heavy atom. The van der Waals surface area contributed by atoms with Crippen molar-refractivity contribution in [3.8, 4) is 40.3 Å². The van der Waals surface area contributed by atoms with Crippen molar-refractivity contribution in [3.05, 3.63) is 78.0 Å². The molecule has 364 valence electrons. The van der Waals surface area contributed by atoms with E-state index in [2.05, 4.69) is 35.8 Å². The number of carboxylic acids is 1. The van der Waals surface area contributed by atoms with Crippen LogP contribution in [0.15, 0.2) is 112 Å². The van der Waals surface area contributed by atoms with Gasteiger partial charge in [-0.15, -0.1) is 30.7 Å². The molecule has 0 aliphatic carbocycles. The molecular formula is C39H36N8O19S3. The van der Waals surface area contributed by atoms with Crippen molar-refractivity contribution in [1.82, 2.24) is 9.78 Å². The van der Waals surface area contributed by atoms with Crippen LogP contribution < -0.4 is 18.9 Å². The number of methoxy groups -OCH3 is 2. The second-order valence-corrected chi connectivity index (χ2v) is 18.0. The Kier molecular flexibility index (Phi) is 14.9. The summed E-state index contributed by atoms with van der Waals surface area (Å²) < 4.78 is 125. The van der Waals surface area contributed by atoms with Crippen molar-refractivity contribution in [3.63, 3.8) is 0 Å². The second kappa shape index (κ2) is 20.3. The molecule has 0 aliphatic rings. The largest absolute Gasteiger partial charge is 0.505 e. The number of ether oxygens (including phenoxy) is 4. The first kappa shape index (κ1) is 50.7. The van der Waals surface area contributed by atoms with E-state index in [-0.39, 0.29) is 81.0 Å². The molecule has 1 aromatic heterocycles. The second-order valence-electron chi connectivity index (χ2n) is 13.8. The summed E-state index contributed by atoms with van der Waals surface area (Å²) in [5.41, 5.74) is -3.47. The predicted molar refractivity (Wildman–Crippen MR) is 236 cm³/mol. The van der Waals surface area contributed by atoms with Gasteiger partial charge in [0.15, 0.2) is 11.4 Å². The van der Waals surface area contributed by atoms with Crippen molar-refractivity contribution >= 4 is 81.2 Å². The molecule has 0 aliphatic heterocycles. The molecule has 27 nitrogen and oxygen atoms in total. The maximum Gasteiger partial charge on any atom is 0.358 e. The summed E-state index contributed by atoms with van der Waals surface area (Å²) in [6.45, 7) is -0.449. The number of aliphatic hydroxyl groups excluding tert-OH is 2. The molecule has 0 amide bonds. The smallest absolute Gasteiger partial charge is 0.358 e. The SMILES string of the molecule is COc1ccc(N=Nc2cc(OCCO)c(N=Nc3c(S(=O)(=O)O)cc4cc(-n5nc(C(=O)O)c(N=Nc6cc(C)c(S(=O)(=O)O)cc6OC)c5O)ccc4c3O)cc2OCCO)c(S(=O)(=O)O)c1. The molecule has 30 heteroatoms. The summed E-state index contributed by atoms with van der Waals surface area (Å²) in [6, 6.07) is 12.2. The van der Waals surface area contributed by atoms with Crippen LogP contribution in [0.2, 0.25) is 0 Å². The summed E-state index contributed by atoms with van der Waals surface area (Å²) in [5.74, 6) is -4.06. The number of phenols is 1. The highest BCUT2D eigenvalue weighted by Crippen LogP contribution is 2.46. The normalized spacial score (nSPS) is 12.4. The summed E-state index contributed by atoms with van der Waals surface area (Å²) in [7, 11) is -12.4. The molecule has 0 atom stereocenters. The van der Waals surface area contributed by atoms with Crippen molar-refractivity contribution in [2.24, 2.45) is 30.7 Å². The minimum absolute atomic E-state index is 0.0100. The van der Waals surface area contributed by atoms with Crippen LogP contribution in [0, 0.1) is 6.92 Å². The lowest BCUT2D eigenvalue weighted by Crippen LogP contribution is -2.04. The van der Waals surface area contributed by atoms with Crippen LogP contribution in [0.25, 0.3) is 16.5 Å². The van der Waals surface area contributed by atoms with Gasteiger partial charge in [0.25, 0.3) is 30.4 Å². The van der Waals surface area contributed by atoms with E-state index in [0.29, 0.717) is 4.68 Å². The van der Waals surface area contributed by atoms with E-state index in [1.165, 1.54) is 38.3 Å². The monoisotopic (exact) mass is 1020 g/mol. The third kappa shape index (κ3) is 11.2. The molecule has 0 fully saturated rings. The van der Waals surface area contributed by atoms with Crippen LogP contribution in [0.1, 0.15) is 16.1 Å². The van der Waals surface area contributed by atoms with E-state index in [9.17, 15) is 69.2 Å². The first-order chi connectivity index (χ1) is 32.5. The van der Waals surface area contributed by atoms with Gasteiger partial charge in [0.1, 0.15) is 79.3 Å². The number of nitrogens with zero attached hydrogens (tertiary/aromatic N) is 8. The Morgan fingerprint density at radius 3 is 1.71 bits per heavy atom. The fourth-order valence-corrected chi connectivity index (χ4v) is 8.24. The average molecular weight is 1020 g/mol. The summed E-state index contributed by atoms with van der Waals surface area (Å²) in [6.07, 6.45) is 0. The number of carbonyl (C=O) groups is 1. The van der Waals surface area contributed by atoms with Crippen LogP contribution in [-0.4, -0.2) is 121 Å². The lowest BCUT2D eigenvalue weighted by atomic mass is 10.1. The van der Waals surface area contributed by atoms with Crippen molar-refractivity contribution in [2.75, 3.05) is 40.6 Å². The van der Waals surface area contributed by atoms with Gasteiger partial charge >= 0.3 is 5.97 Å².